The van der Waals surface area contributed by atoms with E-state index in [1.807, 2.05) is 12.1 Å². The zero-order valence-corrected chi connectivity index (χ0v) is 10.6. The van der Waals surface area contributed by atoms with Gasteiger partial charge in [0.05, 0.1) is 12.0 Å². The van der Waals surface area contributed by atoms with E-state index >= 15 is 0 Å². The fraction of sp³-hybridized carbons (Fsp3) is 0.462. The third-order valence-electron chi connectivity index (χ3n) is 3.59. The van der Waals surface area contributed by atoms with Crippen LogP contribution in [0, 0.1) is 5.41 Å². The molecular formula is C13H16ClNO2. The van der Waals surface area contributed by atoms with Gasteiger partial charge in [-0.1, -0.05) is 18.0 Å². The Labute approximate surface area is 106 Å². The summed E-state index contributed by atoms with van der Waals surface area (Å²) in [5, 5.41) is 10.0. The lowest BCUT2D eigenvalue weighted by Crippen LogP contribution is -2.49. The molecule has 1 aromatic rings. The fourth-order valence-electron chi connectivity index (χ4n) is 2.18. The van der Waals surface area contributed by atoms with Crippen LogP contribution in [0.4, 0.5) is 5.69 Å². The summed E-state index contributed by atoms with van der Waals surface area (Å²) in [5.74, 6) is -0.00595. The number of halogens is 1. The maximum absolute atomic E-state index is 12.3. The van der Waals surface area contributed by atoms with Gasteiger partial charge in [0.2, 0.25) is 5.91 Å². The first-order valence-electron chi connectivity index (χ1n) is 5.74. The topological polar surface area (TPSA) is 40.5 Å². The number of rotatable bonds is 3. The molecule has 0 aromatic heterocycles. The Hall–Kier alpha value is -1.06. The van der Waals surface area contributed by atoms with Crippen molar-refractivity contribution in [3.8, 4) is 0 Å². The van der Waals surface area contributed by atoms with E-state index in [9.17, 15) is 9.90 Å². The Morgan fingerprint density at radius 3 is 2.41 bits per heavy atom. The second kappa shape index (κ2) is 4.67. The molecule has 1 fully saturated rings. The average molecular weight is 254 g/mol. The van der Waals surface area contributed by atoms with Crippen molar-refractivity contribution in [2.45, 2.75) is 19.3 Å². The predicted molar refractivity (Wildman–Crippen MR) is 68.2 cm³/mol. The number of hydrogen-bond acceptors (Lipinski definition) is 2. The van der Waals surface area contributed by atoms with E-state index in [2.05, 4.69) is 0 Å². The monoisotopic (exact) mass is 253 g/mol. The van der Waals surface area contributed by atoms with Crippen LogP contribution < -0.4 is 4.90 Å². The Bertz CT molecular complexity index is 406. The van der Waals surface area contributed by atoms with Crippen LogP contribution in [0.25, 0.3) is 0 Å². The number of anilines is 1. The van der Waals surface area contributed by atoms with Crippen LogP contribution in [0.2, 0.25) is 5.02 Å². The number of aliphatic hydroxyl groups excluding tert-OH is 1. The summed E-state index contributed by atoms with van der Waals surface area (Å²) in [6.45, 7) is -0.0657. The summed E-state index contributed by atoms with van der Waals surface area (Å²) in [6.07, 6.45) is 2.57. The van der Waals surface area contributed by atoms with Gasteiger partial charge in [0.15, 0.2) is 0 Å². The van der Waals surface area contributed by atoms with Crippen LogP contribution in [0.5, 0.6) is 0 Å². The van der Waals surface area contributed by atoms with Crippen molar-refractivity contribution in [1.29, 1.82) is 0 Å². The second-order valence-electron chi connectivity index (χ2n) is 4.63. The van der Waals surface area contributed by atoms with Crippen molar-refractivity contribution in [3.63, 3.8) is 0 Å². The maximum Gasteiger partial charge on any atom is 0.235 e. The van der Waals surface area contributed by atoms with Crippen LogP contribution in [-0.4, -0.2) is 24.7 Å². The van der Waals surface area contributed by atoms with E-state index in [0.29, 0.717) is 5.02 Å². The van der Waals surface area contributed by atoms with E-state index < -0.39 is 5.41 Å². The summed E-state index contributed by atoms with van der Waals surface area (Å²) in [7, 11) is 1.74. The fourth-order valence-corrected chi connectivity index (χ4v) is 2.31. The van der Waals surface area contributed by atoms with Crippen molar-refractivity contribution >= 4 is 23.2 Å². The van der Waals surface area contributed by atoms with Crippen LogP contribution in [0.3, 0.4) is 0 Å². The number of hydrogen-bond donors (Lipinski definition) is 1. The number of nitrogens with zero attached hydrogens (tertiary/aromatic N) is 1. The van der Waals surface area contributed by atoms with Gasteiger partial charge >= 0.3 is 0 Å². The summed E-state index contributed by atoms with van der Waals surface area (Å²) in [4.78, 5) is 13.9. The van der Waals surface area contributed by atoms with Gasteiger partial charge in [-0.15, -0.1) is 0 Å². The summed E-state index contributed by atoms with van der Waals surface area (Å²) in [5.41, 5.74) is 0.258. The van der Waals surface area contributed by atoms with E-state index in [1.165, 1.54) is 0 Å². The van der Waals surface area contributed by atoms with Gasteiger partial charge in [0.25, 0.3) is 0 Å². The molecule has 92 valence electrons. The molecular weight excluding hydrogens is 238 g/mol. The van der Waals surface area contributed by atoms with Crippen molar-refractivity contribution in [1.82, 2.24) is 0 Å². The normalized spacial score (nSPS) is 17.4. The zero-order chi connectivity index (χ0) is 12.5. The molecule has 3 nitrogen and oxygen atoms in total. The maximum atomic E-state index is 12.3. The highest BCUT2D eigenvalue weighted by atomic mass is 35.5. The third kappa shape index (κ3) is 2.17. The molecule has 2 rings (SSSR count). The van der Waals surface area contributed by atoms with E-state index in [4.69, 9.17) is 11.6 Å². The van der Waals surface area contributed by atoms with Gasteiger partial charge in [-0.05, 0) is 37.1 Å². The summed E-state index contributed by atoms with van der Waals surface area (Å²) in [6, 6.07) is 7.13. The average Bonchev–Trinajstić information content (AvgIpc) is 2.28. The number of aliphatic hydroxyl groups is 1. The molecule has 1 aliphatic carbocycles. The molecule has 0 saturated heterocycles. The molecule has 0 spiro atoms. The van der Waals surface area contributed by atoms with E-state index in [-0.39, 0.29) is 12.5 Å². The number of carbonyl (C=O) groups excluding carboxylic acids is 1. The molecule has 1 aromatic carbocycles. The highest BCUT2D eigenvalue weighted by molar-refractivity contribution is 6.30. The summed E-state index contributed by atoms with van der Waals surface area (Å²) >= 11 is 5.81. The van der Waals surface area contributed by atoms with Gasteiger partial charge < -0.3 is 10.0 Å². The van der Waals surface area contributed by atoms with Crippen molar-refractivity contribution in [2.75, 3.05) is 18.6 Å². The lowest BCUT2D eigenvalue weighted by Gasteiger charge is -2.41. The Morgan fingerprint density at radius 1 is 1.41 bits per heavy atom. The van der Waals surface area contributed by atoms with Crippen molar-refractivity contribution in [3.05, 3.63) is 29.3 Å². The highest BCUT2D eigenvalue weighted by Gasteiger charge is 2.45. The quantitative estimate of drug-likeness (QED) is 0.899. The molecule has 0 heterocycles. The minimum Gasteiger partial charge on any atom is -0.395 e. The smallest absolute Gasteiger partial charge is 0.235 e. The van der Waals surface area contributed by atoms with E-state index in [1.54, 1.807) is 24.1 Å². The van der Waals surface area contributed by atoms with Gasteiger partial charge in [-0.25, -0.2) is 0 Å². The van der Waals surface area contributed by atoms with Gasteiger partial charge in [-0.2, -0.15) is 0 Å². The van der Waals surface area contributed by atoms with Crippen LogP contribution >= 0.6 is 11.6 Å². The molecule has 1 N–H and O–H groups in total. The van der Waals surface area contributed by atoms with Crippen LogP contribution in [0.15, 0.2) is 24.3 Å². The Morgan fingerprint density at radius 2 is 2.00 bits per heavy atom. The standard InChI is InChI=1S/C13H16ClNO2/c1-15(11-5-3-10(14)4-6-11)12(17)13(9-16)7-2-8-13/h3-6,16H,2,7-9H2,1H3. The molecule has 0 bridgehead atoms. The zero-order valence-electron chi connectivity index (χ0n) is 9.82. The van der Waals surface area contributed by atoms with Crippen molar-refractivity contribution in [2.24, 2.45) is 5.41 Å². The predicted octanol–water partition coefficient (Wildman–Crippen LogP) is 2.47. The van der Waals surface area contributed by atoms with Crippen molar-refractivity contribution < 1.29 is 9.90 Å². The lowest BCUT2D eigenvalue weighted by atomic mass is 9.68. The molecule has 17 heavy (non-hydrogen) atoms. The Kier molecular flexibility index (Phi) is 3.40. The molecule has 0 aliphatic heterocycles. The molecule has 1 saturated carbocycles. The lowest BCUT2D eigenvalue weighted by molar-refractivity contribution is -0.136. The highest BCUT2D eigenvalue weighted by Crippen LogP contribution is 2.42. The van der Waals surface area contributed by atoms with E-state index in [0.717, 1.165) is 24.9 Å². The van der Waals surface area contributed by atoms with Gasteiger partial charge in [-0.3, -0.25) is 4.79 Å². The van der Waals surface area contributed by atoms with Gasteiger partial charge in [0, 0.05) is 17.8 Å². The SMILES string of the molecule is CN(C(=O)C1(CO)CCC1)c1ccc(Cl)cc1. The third-order valence-corrected chi connectivity index (χ3v) is 3.84. The molecule has 1 aliphatic rings. The minimum absolute atomic E-state index is 0.00595. The van der Waals surface area contributed by atoms with Gasteiger partial charge in [0.1, 0.15) is 0 Å². The second-order valence-corrected chi connectivity index (χ2v) is 5.07. The number of carbonyl (C=O) groups is 1. The molecule has 0 unspecified atom stereocenters. The Balaban J connectivity index is 2.17. The van der Waals surface area contributed by atoms with Crippen LogP contribution in [-0.2, 0) is 4.79 Å². The number of benzene rings is 1. The number of amides is 1. The molecule has 0 radical (unpaired) electrons. The largest absolute Gasteiger partial charge is 0.395 e. The first-order valence-corrected chi connectivity index (χ1v) is 6.11. The first kappa shape index (κ1) is 12.4. The molecule has 4 heteroatoms. The first-order chi connectivity index (χ1) is 8.09. The molecule has 1 amide bonds. The summed E-state index contributed by atoms with van der Waals surface area (Å²) < 4.78 is 0. The minimum atomic E-state index is -0.547. The molecule has 0 atom stereocenters. The van der Waals surface area contributed by atoms with Crippen LogP contribution in [0.1, 0.15) is 19.3 Å².